The molecule has 0 aliphatic carbocycles. The van der Waals surface area contributed by atoms with Crippen LogP contribution in [0.3, 0.4) is 0 Å². The minimum Gasteiger partial charge on any atom is -0.406 e. The van der Waals surface area contributed by atoms with Crippen molar-refractivity contribution in [2.24, 2.45) is 7.05 Å². The molecule has 1 heterocycles. The van der Waals surface area contributed by atoms with Crippen molar-refractivity contribution in [2.45, 2.75) is 25.1 Å². The Morgan fingerprint density at radius 3 is 2.29 bits per heavy atom. The predicted molar refractivity (Wildman–Crippen MR) is 92.6 cm³/mol. The molecule has 2 rings (SSSR count). The van der Waals surface area contributed by atoms with E-state index in [1.807, 2.05) is 0 Å². The largest absolute Gasteiger partial charge is 0.573 e. The molecule has 0 aliphatic heterocycles. The SMILES string of the molecule is Cc1nn(C)c(C)c1NS(O)(I=O)c1ccc(OC(F)(F)F)cc1. The second-order valence-electron chi connectivity index (χ2n) is 4.86. The van der Waals surface area contributed by atoms with Crippen LogP contribution in [0.2, 0.25) is 0 Å². The molecular weight excluding hydrogens is 462 g/mol. The Hall–Kier alpha value is -1.34. The Morgan fingerprint density at radius 2 is 1.88 bits per heavy atom. The number of anilines is 1. The van der Waals surface area contributed by atoms with E-state index in [0.717, 1.165) is 17.8 Å². The van der Waals surface area contributed by atoms with Crippen LogP contribution in [-0.4, -0.2) is 20.7 Å². The van der Waals surface area contributed by atoms with Gasteiger partial charge in [0, 0.05) is 11.9 Å². The van der Waals surface area contributed by atoms with Gasteiger partial charge in [-0.1, -0.05) is 0 Å². The molecule has 0 fully saturated rings. The average Bonchev–Trinajstić information content (AvgIpc) is 2.72. The maximum atomic E-state index is 12.2. The number of nitrogens with zero attached hydrogens (tertiary/aromatic N) is 2. The van der Waals surface area contributed by atoms with Gasteiger partial charge in [-0.25, -0.2) is 0 Å². The first-order chi connectivity index (χ1) is 11.1. The Balaban J connectivity index is 2.31. The van der Waals surface area contributed by atoms with Gasteiger partial charge < -0.3 is 14.0 Å². The summed E-state index contributed by atoms with van der Waals surface area (Å²) in [6.07, 6.45) is -4.79. The number of halogens is 4. The zero-order chi connectivity index (χ0) is 18.1. The number of nitrogens with one attached hydrogen (secondary N) is 1. The molecule has 6 nitrogen and oxygen atoms in total. The molecule has 0 aliphatic rings. The minimum absolute atomic E-state index is 0.252. The minimum atomic E-state index is -4.79. The van der Waals surface area contributed by atoms with Gasteiger partial charge in [0.25, 0.3) is 0 Å². The zero-order valence-electron chi connectivity index (χ0n) is 12.9. The lowest BCUT2D eigenvalue weighted by molar-refractivity contribution is -0.274. The number of benzene rings is 1. The molecule has 1 aromatic carbocycles. The highest BCUT2D eigenvalue weighted by Crippen LogP contribution is 2.62. The maximum Gasteiger partial charge on any atom is 0.573 e. The number of hydrogen-bond donors (Lipinski definition) is 2. The van der Waals surface area contributed by atoms with Crippen molar-refractivity contribution in [2.75, 3.05) is 4.72 Å². The van der Waals surface area contributed by atoms with Gasteiger partial charge >= 0.3 is 6.36 Å². The predicted octanol–water partition coefficient (Wildman–Crippen LogP) is 4.83. The summed E-state index contributed by atoms with van der Waals surface area (Å²) < 4.78 is 67.3. The number of alkyl halides is 3. The molecule has 11 heteroatoms. The molecule has 0 saturated carbocycles. The molecular formula is C13H15F3IN3O3S. The molecule has 1 atom stereocenters. The van der Waals surface area contributed by atoms with E-state index >= 15 is 0 Å². The normalized spacial score (nSPS) is 15.6. The Bertz CT molecular complexity index is 751. The molecule has 24 heavy (non-hydrogen) atoms. The highest BCUT2D eigenvalue weighted by molar-refractivity contribution is 14.2. The number of aryl methyl sites for hydroxylation is 2. The molecule has 134 valence electrons. The van der Waals surface area contributed by atoms with Gasteiger partial charge in [0.1, 0.15) is 5.75 Å². The molecule has 0 bridgehead atoms. The highest BCUT2D eigenvalue weighted by atomic mass is 127. The van der Waals surface area contributed by atoms with Gasteiger partial charge in [-0.05, 0) is 38.1 Å². The number of aromatic nitrogens is 2. The molecule has 0 saturated heterocycles. The fraction of sp³-hybridized carbons (Fsp3) is 0.308. The zero-order valence-corrected chi connectivity index (χ0v) is 15.9. The number of ether oxygens (including phenoxy) is 1. The summed E-state index contributed by atoms with van der Waals surface area (Å²) in [5.41, 5.74) is 1.92. The summed E-state index contributed by atoms with van der Waals surface area (Å²) in [7, 11) is -1.15. The van der Waals surface area contributed by atoms with Crippen LogP contribution in [0, 0.1) is 13.8 Å². The Labute approximate surface area is 146 Å². The Morgan fingerprint density at radius 1 is 1.29 bits per heavy atom. The Kier molecular flexibility index (Phi) is 5.44. The third-order valence-corrected chi connectivity index (χ3v) is 8.51. The monoisotopic (exact) mass is 477 g/mol. The summed E-state index contributed by atoms with van der Waals surface area (Å²) in [6.45, 7) is 3.52. The van der Waals surface area contributed by atoms with Crippen LogP contribution in [0.4, 0.5) is 18.9 Å². The van der Waals surface area contributed by atoms with Crippen molar-refractivity contribution in [3.05, 3.63) is 35.7 Å². The van der Waals surface area contributed by atoms with Crippen LogP contribution in [-0.2, 0) is 10.1 Å². The van der Waals surface area contributed by atoms with Crippen LogP contribution in [0.1, 0.15) is 11.4 Å². The van der Waals surface area contributed by atoms with Gasteiger partial charge in [-0.3, -0.25) is 7.75 Å². The average molecular weight is 477 g/mol. The summed E-state index contributed by atoms with van der Waals surface area (Å²) >= 11 is -1.92. The van der Waals surface area contributed by atoms with Crippen molar-refractivity contribution >= 4 is 33.2 Å². The lowest BCUT2D eigenvalue weighted by Gasteiger charge is -2.28. The molecule has 0 spiro atoms. The second-order valence-corrected chi connectivity index (χ2v) is 11.6. The van der Waals surface area contributed by atoms with E-state index in [2.05, 4.69) is 14.6 Å². The maximum absolute atomic E-state index is 12.2. The third-order valence-electron chi connectivity index (χ3n) is 3.21. The lowest BCUT2D eigenvalue weighted by Crippen LogP contribution is -2.17. The molecule has 1 aromatic heterocycles. The molecule has 0 amide bonds. The quantitative estimate of drug-likeness (QED) is 0.604. The van der Waals surface area contributed by atoms with Crippen LogP contribution < -0.4 is 9.46 Å². The number of rotatable bonds is 5. The molecule has 2 aromatic rings. The molecule has 0 radical (unpaired) electrons. The van der Waals surface area contributed by atoms with Gasteiger partial charge in [0.05, 0.1) is 24.7 Å². The number of hydrogen-bond acceptors (Lipinski definition) is 5. The van der Waals surface area contributed by atoms with Gasteiger partial charge in [0.2, 0.25) is 19.8 Å². The van der Waals surface area contributed by atoms with E-state index in [0.29, 0.717) is 11.4 Å². The second kappa shape index (κ2) is 6.88. The fourth-order valence-electron chi connectivity index (χ4n) is 1.99. The standard InChI is InChI=1S/C13H15F3IN3O3S/c1-8-12(9(2)20(3)18-8)19-24(22,17-21)11-6-4-10(5-7-11)23-13(14,15)16/h4-7,19,22H,1-3H3. The van der Waals surface area contributed by atoms with Gasteiger partial charge in [-0.2, -0.15) is 5.10 Å². The van der Waals surface area contributed by atoms with Crippen LogP contribution in [0.25, 0.3) is 0 Å². The van der Waals surface area contributed by atoms with E-state index in [9.17, 15) is 20.8 Å². The van der Waals surface area contributed by atoms with E-state index in [4.69, 9.17) is 0 Å². The van der Waals surface area contributed by atoms with Crippen molar-refractivity contribution in [1.29, 1.82) is 0 Å². The van der Waals surface area contributed by atoms with E-state index in [-0.39, 0.29) is 4.90 Å². The van der Waals surface area contributed by atoms with E-state index in [1.54, 1.807) is 25.6 Å². The summed E-state index contributed by atoms with van der Waals surface area (Å²) in [4.78, 5) is 0.252. The van der Waals surface area contributed by atoms with Crippen molar-refractivity contribution in [3.63, 3.8) is 0 Å². The molecule has 2 N–H and O–H groups in total. The highest BCUT2D eigenvalue weighted by Gasteiger charge is 2.32. The topological polar surface area (TPSA) is 76.4 Å². The smallest absolute Gasteiger partial charge is 0.406 e. The van der Waals surface area contributed by atoms with Gasteiger partial charge in [0.15, 0.2) is 0 Å². The molecule has 1 unspecified atom stereocenters. The lowest BCUT2D eigenvalue weighted by atomic mass is 10.3. The van der Waals surface area contributed by atoms with Crippen LogP contribution in [0.15, 0.2) is 29.2 Å². The third kappa shape index (κ3) is 4.19. The first-order valence-electron chi connectivity index (χ1n) is 6.54. The first-order valence-corrected chi connectivity index (χ1v) is 11.6. The first kappa shape index (κ1) is 19.0. The van der Waals surface area contributed by atoms with Crippen molar-refractivity contribution in [3.8, 4) is 5.75 Å². The fourth-order valence-corrected chi connectivity index (χ4v) is 5.71. The van der Waals surface area contributed by atoms with Crippen molar-refractivity contribution in [1.82, 2.24) is 9.78 Å². The van der Waals surface area contributed by atoms with Gasteiger partial charge in [-0.15, -0.1) is 13.2 Å². The van der Waals surface area contributed by atoms with Crippen LogP contribution in [0.5, 0.6) is 5.75 Å². The van der Waals surface area contributed by atoms with Crippen molar-refractivity contribution < 1.29 is 25.5 Å². The summed E-state index contributed by atoms with van der Waals surface area (Å²) in [5, 5.41) is 4.20. The summed E-state index contributed by atoms with van der Waals surface area (Å²) in [6, 6.07) is 4.68. The van der Waals surface area contributed by atoms with Crippen LogP contribution >= 0.6 is 27.5 Å². The van der Waals surface area contributed by atoms with E-state index < -0.39 is 39.6 Å². The van der Waals surface area contributed by atoms with E-state index in [1.165, 1.54) is 12.1 Å². The summed E-state index contributed by atoms with van der Waals surface area (Å²) in [5.74, 6) is -0.411.